The first-order valence-corrected chi connectivity index (χ1v) is 14.7. The molecule has 11 nitrogen and oxygen atoms in total. The molecule has 15 heteroatoms. The number of carbonyl (C=O) groups excluding carboxylic acids is 1. The monoisotopic (exact) mass is 630 g/mol. The molecule has 1 unspecified atom stereocenters. The lowest BCUT2D eigenvalue weighted by atomic mass is 9.99. The summed E-state index contributed by atoms with van der Waals surface area (Å²) in [7, 11) is 0. The van der Waals surface area contributed by atoms with E-state index in [-0.39, 0.29) is 34.3 Å². The number of aliphatic hydroxyl groups excluding tert-OH is 1. The van der Waals surface area contributed by atoms with Crippen molar-refractivity contribution in [3.8, 4) is 21.7 Å². The van der Waals surface area contributed by atoms with Crippen molar-refractivity contribution in [2.24, 2.45) is 5.92 Å². The summed E-state index contributed by atoms with van der Waals surface area (Å²) in [6.07, 6.45) is -1.13. The van der Waals surface area contributed by atoms with Crippen LogP contribution in [0.4, 0.5) is 23.8 Å². The molecule has 0 aliphatic carbocycles. The van der Waals surface area contributed by atoms with Crippen molar-refractivity contribution in [1.82, 2.24) is 24.8 Å². The minimum Gasteiger partial charge on any atom is -0.477 e. The second-order valence-electron chi connectivity index (χ2n) is 10.4. The number of rotatable bonds is 9. The van der Waals surface area contributed by atoms with Gasteiger partial charge < -0.3 is 25.0 Å². The molecule has 1 saturated heterocycles. The van der Waals surface area contributed by atoms with Crippen LogP contribution < -0.4 is 16.1 Å². The first kappa shape index (κ1) is 31.1. The van der Waals surface area contributed by atoms with Crippen molar-refractivity contribution >= 4 is 40.1 Å². The maximum Gasteiger partial charge on any atom is 0.434 e. The summed E-state index contributed by atoms with van der Waals surface area (Å²) >= 11 is 0.763. The second-order valence-corrected chi connectivity index (χ2v) is 11.2. The fraction of sp³-hybridized carbons (Fsp3) is 0.345. The van der Waals surface area contributed by atoms with Gasteiger partial charge in [0.2, 0.25) is 5.43 Å². The van der Waals surface area contributed by atoms with Gasteiger partial charge in [-0.2, -0.15) is 13.2 Å². The Labute approximate surface area is 253 Å². The molecular weight excluding hydrogens is 601 g/mol. The average Bonchev–Trinajstić information content (AvgIpc) is 3.65. The highest BCUT2D eigenvalue weighted by Gasteiger charge is 2.34. The molecule has 0 radical (unpaired) electrons. The zero-order valence-electron chi connectivity index (χ0n) is 23.5. The number of benzene rings is 1. The van der Waals surface area contributed by atoms with Gasteiger partial charge >= 0.3 is 18.2 Å². The molecule has 3 aromatic heterocycles. The number of thiazole rings is 1. The van der Waals surface area contributed by atoms with Crippen LogP contribution in [-0.2, 0) is 12.7 Å². The van der Waals surface area contributed by atoms with Crippen molar-refractivity contribution in [3.63, 3.8) is 0 Å². The number of pyridine rings is 2. The van der Waals surface area contributed by atoms with Gasteiger partial charge in [-0.3, -0.25) is 10.1 Å². The molecule has 232 valence electrons. The Bertz CT molecular complexity index is 1770. The SMILES string of the molecule is CCNC(=O)Nc1cc(-c2nc(C(F)(F)F)cs2)c(-c2ccc3c(c2)c(=O)c(C(=O)O)cn3CC2CCN(CCO)C2)cn1. The number of amides is 2. The van der Waals surface area contributed by atoms with Gasteiger partial charge in [-0.1, -0.05) is 6.07 Å². The molecule has 1 aliphatic rings. The summed E-state index contributed by atoms with van der Waals surface area (Å²) in [5, 5.41) is 25.2. The number of anilines is 1. The van der Waals surface area contributed by atoms with Crippen LogP contribution in [-0.4, -0.2) is 74.4 Å². The van der Waals surface area contributed by atoms with Crippen LogP contribution in [0.1, 0.15) is 29.4 Å². The molecule has 2 amide bonds. The van der Waals surface area contributed by atoms with Gasteiger partial charge in [0.25, 0.3) is 0 Å². The van der Waals surface area contributed by atoms with E-state index in [9.17, 15) is 37.8 Å². The number of halogens is 3. The quantitative estimate of drug-likeness (QED) is 0.213. The lowest BCUT2D eigenvalue weighted by Crippen LogP contribution is -2.28. The van der Waals surface area contributed by atoms with Crippen LogP contribution in [0.2, 0.25) is 0 Å². The van der Waals surface area contributed by atoms with E-state index < -0.39 is 34.9 Å². The van der Waals surface area contributed by atoms with Crippen LogP contribution in [0.3, 0.4) is 0 Å². The number of carboxylic acids is 1. The van der Waals surface area contributed by atoms with Gasteiger partial charge in [0.1, 0.15) is 16.4 Å². The summed E-state index contributed by atoms with van der Waals surface area (Å²) in [5.74, 6) is -1.14. The van der Waals surface area contributed by atoms with Gasteiger partial charge in [-0.15, -0.1) is 11.3 Å². The average molecular weight is 631 g/mol. The molecule has 4 heterocycles. The van der Waals surface area contributed by atoms with Crippen LogP contribution in [0.5, 0.6) is 0 Å². The van der Waals surface area contributed by atoms with Crippen LogP contribution in [0.25, 0.3) is 32.6 Å². The highest BCUT2D eigenvalue weighted by Crippen LogP contribution is 2.39. The number of aromatic carboxylic acids is 1. The third kappa shape index (κ3) is 6.59. The Morgan fingerprint density at radius 3 is 2.68 bits per heavy atom. The van der Waals surface area contributed by atoms with E-state index >= 15 is 0 Å². The number of β-amino-alcohol motifs (C(OH)–C–C–N with tert-alkyl or cyclic N) is 1. The third-order valence-corrected chi connectivity index (χ3v) is 8.25. The maximum absolute atomic E-state index is 13.4. The number of nitrogens with zero attached hydrogens (tertiary/aromatic N) is 4. The normalized spacial score (nSPS) is 15.5. The van der Waals surface area contributed by atoms with E-state index in [2.05, 4.69) is 25.5 Å². The molecule has 44 heavy (non-hydrogen) atoms. The summed E-state index contributed by atoms with van der Waals surface area (Å²) in [6.45, 7) is 4.61. The van der Waals surface area contributed by atoms with Crippen LogP contribution >= 0.6 is 11.3 Å². The van der Waals surface area contributed by atoms with E-state index in [1.54, 1.807) is 23.6 Å². The smallest absolute Gasteiger partial charge is 0.434 e. The van der Waals surface area contributed by atoms with Gasteiger partial charge in [0, 0.05) is 60.5 Å². The number of alkyl halides is 3. The molecule has 0 spiro atoms. The van der Waals surface area contributed by atoms with Gasteiger partial charge in [-0.25, -0.2) is 19.6 Å². The standard InChI is InChI=1S/C29H29F3N6O5S/c1-2-33-28(43)36-24-10-18(26-35-23(15-44-26)29(30,31)32)20(11-34-24)17-3-4-22-19(9-17)25(40)21(27(41)42)14-38(22)13-16-5-6-37(12-16)7-8-39/h3-4,9-11,14-16,39H,2,5-8,12-13H2,1H3,(H,41,42)(H2,33,34,36,43). The first-order valence-electron chi connectivity index (χ1n) is 13.8. The van der Waals surface area contributed by atoms with Gasteiger partial charge in [-0.05, 0) is 49.6 Å². The number of aromatic nitrogens is 3. The number of urea groups is 1. The number of carbonyl (C=O) groups is 2. The van der Waals surface area contributed by atoms with Crippen molar-refractivity contribution in [3.05, 3.63) is 63.5 Å². The number of aliphatic hydroxyl groups is 1. The van der Waals surface area contributed by atoms with E-state index in [0.29, 0.717) is 42.8 Å². The van der Waals surface area contributed by atoms with E-state index in [1.807, 2.05) is 0 Å². The van der Waals surface area contributed by atoms with E-state index in [4.69, 9.17) is 0 Å². The Hall–Kier alpha value is -4.34. The van der Waals surface area contributed by atoms with Gasteiger partial charge in [0.05, 0.1) is 12.1 Å². The largest absolute Gasteiger partial charge is 0.477 e. The lowest BCUT2D eigenvalue weighted by molar-refractivity contribution is -0.140. The van der Waals surface area contributed by atoms with Crippen molar-refractivity contribution < 1.29 is 33.0 Å². The molecule has 1 aliphatic heterocycles. The third-order valence-electron chi connectivity index (χ3n) is 7.37. The molecule has 0 bridgehead atoms. The van der Waals surface area contributed by atoms with Crippen LogP contribution in [0, 0.1) is 5.92 Å². The summed E-state index contributed by atoms with van der Waals surface area (Å²) in [5.41, 5.74) is -0.715. The number of fused-ring (bicyclic) bond motifs is 1. The Balaban J connectivity index is 1.61. The zero-order chi connectivity index (χ0) is 31.6. The van der Waals surface area contributed by atoms with Crippen molar-refractivity contribution in [2.45, 2.75) is 26.1 Å². The first-order chi connectivity index (χ1) is 21.0. The molecular formula is C29H29F3N6O5S. The molecule has 4 N–H and O–H groups in total. The predicted molar refractivity (Wildman–Crippen MR) is 159 cm³/mol. The Morgan fingerprint density at radius 1 is 1.20 bits per heavy atom. The number of carboxylic acid groups (broad SMARTS) is 1. The number of likely N-dealkylation sites (tertiary alicyclic amines) is 1. The van der Waals surface area contributed by atoms with Crippen LogP contribution in [0.15, 0.2) is 46.8 Å². The van der Waals surface area contributed by atoms with E-state index in [1.165, 1.54) is 24.5 Å². The summed E-state index contributed by atoms with van der Waals surface area (Å²) < 4.78 is 42.0. The molecule has 4 aromatic rings. The molecule has 0 saturated carbocycles. The minimum atomic E-state index is -4.67. The highest BCUT2D eigenvalue weighted by atomic mass is 32.1. The highest BCUT2D eigenvalue weighted by molar-refractivity contribution is 7.13. The second kappa shape index (κ2) is 12.7. The minimum absolute atomic E-state index is 0.0131. The predicted octanol–water partition coefficient (Wildman–Crippen LogP) is 4.36. The van der Waals surface area contributed by atoms with E-state index in [0.717, 1.165) is 29.7 Å². The Kier molecular flexibility index (Phi) is 8.99. The zero-order valence-corrected chi connectivity index (χ0v) is 24.3. The molecule has 5 rings (SSSR count). The van der Waals surface area contributed by atoms with Crippen molar-refractivity contribution in [1.29, 1.82) is 0 Å². The fourth-order valence-corrected chi connectivity index (χ4v) is 6.19. The molecule has 1 aromatic carbocycles. The number of nitrogens with one attached hydrogen (secondary N) is 2. The molecule has 1 fully saturated rings. The lowest BCUT2D eigenvalue weighted by Gasteiger charge is -2.18. The maximum atomic E-state index is 13.4. The summed E-state index contributed by atoms with van der Waals surface area (Å²) in [6, 6.07) is 5.71. The summed E-state index contributed by atoms with van der Waals surface area (Å²) in [4.78, 5) is 47.7. The fourth-order valence-electron chi connectivity index (χ4n) is 5.33. The topological polar surface area (TPSA) is 150 Å². The van der Waals surface area contributed by atoms with Gasteiger partial charge in [0.15, 0.2) is 5.69 Å². The molecule has 1 atom stereocenters. The Morgan fingerprint density at radius 2 is 2.00 bits per heavy atom. The number of hydrogen-bond acceptors (Lipinski definition) is 8. The van der Waals surface area contributed by atoms with Crippen molar-refractivity contribution in [2.75, 3.05) is 38.1 Å². The number of hydrogen-bond donors (Lipinski definition) is 4.